The summed E-state index contributed by atoms with van der Waals surface area (Å²) in [5, 5.41) is 25.3. The lowest BCUT2D eigenvalue weighted by atomic mass is 9.81. The first-order chi connectivity index (χ1) is 47.0. The van der Waals surface area contributed by atoms with E-state index in [-0.39, 0.29) is 131 Å². The van der Waals surface area contributed by atoms with Gasteiger partial charge in [0.25, 0.3) is 11.8 Å². The molecule has 98 heavy (non-hydrogen) atoms. The third-order valence-corrected chi connectivity index (χ3v) is 20.9. The summed E-state index contributed by atoms with van der Waals surface area (Å²) in [5.74, 6) is -5.48. The van der Waals surface area contributed by atoms with Crippen LogP contribution in [-0.4, -0.2) is 199 Å². The van der Waals surface area contributed by atoms with E-state index < -0.39 is 120 Å². The van der Waals surface area contributed by atoms with Gasteiger partial charge in [-0.2, -0.15) is 0 Å². The molecule has 11 heterocycles. The Bertz CT molecular complexity index is 3130. The van der Waals surface area contributed by atoms with E-state index in [0.717, 1.165) is 55.4 Å². The number of hydroxylamine groups is 2. The number of benzene rings is 1. The van der Waals surface area contributed by atoms with E-state index in [0.29, 0.717) is 67.7 Å². The number of unbranched alkanes of at least 4 members (excludes halogenated alkanes) is 2. The number of aliphatic hydroxyl groups is 1. The molecule has 28 nitrogen and oxygen atoms in total. The number of nitrogens with one attached hydrogen (secondary N) is 5. The number of anilines is 1. The van der Waals surface area contributed by atoms with Gasteiger partial charge in [-0.1, -0.05) is 57.5 Å². The topological polar surface area (TPSA) is 365 Å². The van der Waals surface area contributed by atoms with Gasteiger partial charge in [0.1, 0.15) is 55.0 Å². The van der Waals surface area contributed by atoms with Crippen LogP contribution in [0.4, 0.5) is 15.3 Å². The Kier molecular flexibility index (Phi) is 23.9. The molecular weight excluding hydrogens is 1270 g/mol. The summed E-state index contributed by atoms with van der Waals surface area (Å²) in [6.45, 7) is 14.3. The molecule has 0 aromatic heterocycles. The number of carbonyl (C=O) groups is 9. The predicted molar refractivity (Wildman–Crippen MR) is 346 cm³/mol. The molecule has 10 fully saturated rings. The first-order valence-corrected chi connectivity index (χ1v) is 35.1. The van der Waals surface area contributed by atoms with Gasteiger partial charge < -0.3 is 89.6 Å². The second-order valence-electron chi connectivity index (χ2n) is 28.4. The normalized spacial score (nSPS) is 34.3. The molecule has 11 aliphatic rings. The lowest BCUT2D eigenvalue weighted by Crippen LogP contribution is -2.61. The van der Waals surface area contributed by atoms with Gasteiger partial charge in [0, 0.05) is 95.3 Å². The minimum absolute atomic E-state index is 0.0109. The molecule has 8 amide bonds. The molecule has 0 aliphatic carbocycles. The second-order valence-corrected chi connectivity index (χ2v) is 28.4. The summed E-state index contributed by atoms with van der Waals surface area (Å²) in [7, 11) is 1.58. The molecule has 0 radical (unpaired) electrons. The molecule has 21 atom stereocenters. The van der Waals surface area contributed by atoms with Crippen molar-refractivity contribution in [1.82, 2.24) is 26.3 Å². The van der Waals surface area contributed by atoms with Crippen molar-refractivity contribution in [1.29, 1.82) is 0 Å². The van der Waals surface area contributed by atoms with Crippen LogP contribution in [0.1, 0.15) is 155 Å². The van der Waals surface area contributed by atoms with E-state index in [1.54, 1.807) is 45.2 Å². The Morgan fingerprint density at radius 1 is 0.735 bits per heavy atom. The average molecular weight is 1370 g/mol. The quantitative estimate of drug-likeness (QED) is 0.0417. The van der Waals surface area contributed by atoms with E-state index in [9.17, 15) is 48.3 Å². The van der Waals surface area contributed by atoms with Crippen LogP contribution in [0.25, 0.3) is 0 Å². The zero-order chi connectivity index (χ0) is 69.5. The fourth-order valence-electron chi connectivity index (χ4n) is 15.8. The van der Waals surface area contributed by atoms with Crippen molar-refractivity contribution in [3.05, 3.63) is 66.3 Å². The van der Waals surface area contributed by atoms with E-state index in [1.165, 1.54) is 0 Å². The van der Waals surface area contributed by atoms with Crippen LogP contribution in [0, 0.1) is 17.8 Å². The number of urea groups is 1. The van der Waals surface area contributed by atoms with Gasteiger partial charge in [0.05, 0.1) is 67.1 Å². The van der Waals surface area contributed by atoms with Crippen molar-refractivity contribution in [2.75, 3.05) is 25.5 Å². The highest BCUT2D eigenvalue weighted by Gasteiger charge is 2.69. The smallest absolute Gasteiger partial charge is 0.407 e. The second kappa shape index (κ2) is 32.3. The number of hydrogen-bond acceptors (Lipinski definition) is 21. The van der Waals surface area contributed by atoms with Crippen LogP contribution in [-0.2, 0) is 92.4 Å². The van der Waals surface area contributed by atoms with E-state index in [2.05, 4.69) is 46.7 Å². The lowest BCUT2D eigenvalue weighted by molar-refractivity contribution is -0.292. The maximum atomic E-state index is 14.5. The van der Waals surface area contributed by atoms with Crippen molar-refractivity contribution in [2.24, 2.45) is 23.5 Å². The highest BCUT2D eigenvalue weighted by atomic mass is 16.8. The number of rotatable bonds is 24. The number of nitrogens with two attached hydrogens (primary N) is 1. The molecule has 11 aliphatic heterocycles. The van der Waals surface area contributed by atoms with Gasteiger partial charge in [-0.3, -0.25) is 28.8 Å². The third-order valence-electron chi connectivity index (χ3n) is 20.9. The summed E-state index contributed by atoms with van der Waals surface area (Å²) in [6.07, 6.45) is 3.64. The maximum absolute atomic E-state index is 14.5. The first-order valence-electron chi connectivity index (χ1n) is 35.1. The van der Waals surface area contributed by atoms with Crippen molar-refractivity contribution >= 4 is 59.1 Å². The highest BCUT2D eigenvalue weighted by molar-refractivity contribution is 6.12. The van der Waals surface area contributed by atoms with Gasteiger partial charge in [-0.15, -0.1) is 0 Å². The molecule has 12 rings (SSSR count). The summed E-state index contributed by atoms with van der Waals surface area (Å²) in [5.41, 5.74) is 8.19. The SMILES string of the molecule is C=C1C[C@@H]2CC[C@@]34CC5O[C@@H]6C(O[C@H]7CCC(CC(=O)C[C@H]8[C@H](CC9O[C@@H](CCC1O2)C[C@@H](C)C9=C)OC(C[C@H](O)CNC(=O)OCc1ccc(NC(=O)[C@H](CCCNC(N)=O)NC(=O)[C@@H](NC(=O)CCCCCC(=O)ON2C(=O)C=CC2=O)C(C)C)cc1)[C@@H]8OC)O[C@@H]7[C@@H]6O3)[C@@H]5O4. The summed E-state index contributed by atoms with van der Waals surface area (Å²) < 4.78 is 66.3. The molecule has 1 aromatic carbocycles. The zero-order valence-corrected chi connectivity index (χ0v) is 56.4. The Balaban J connectivity index is 0.664. The number of hydrogen-bond donors (Lipinski definition) is 7. The third kappa shape index (κ3) is 17.7. The molecule has 8 N–H and O–H groups in total. The van der Waals surface area contributed by atoms with Crippen LogP contribution in [0.15, 0.2) is 60.7 Å². The van der Waals surface area contributed by atoms with E-state index in [4.69, 9.17) is 57.9 Å². The number of ketones is 1. The number of fused-ring (bicyclic) bond motifs is 6. The highest BCUT2D eigenvalue weighted by Crippen LogP contribution is 2.55. The molecule has 0 saturated carbocycles. The zero-order valence-electron chi connectivity index (χ0n) is 56.4. The minimum Gasteiger partial charge on any atom is -0.445 e. The number of methoxy groups -OCH3 is 1. The molecule has 10 saturated heterocycles. The van der Waals surface area contributed by atoms with E-state index in [1.807, 2.05) is 0 Å². The molecule has 28 heteroatoms. The summed E-state index contributed by atoms with van der Waals surface area (Å²) in [6, 6.07) is 3.53. The van der Waals surface area contributed by atoms with Gasteiger partial charge >= 0.3 is 18.1 Å². The number of carbonyl (C=O) groups excluding carboxylic acids is 9. The molecule has 1 aromatic rings. The van der Waals surface area contributed by atoms with Crippen LogP contribution >= 0.6 is 0 Å². The number of alkyl carbamates (subject to hydrolysis) is 1. The van der Waals surface area contributed by atoms with Gasteiger partial charge in [-0.25, -0.2) is 14.4 Å². The standard InChI is InChI=1S/C70H97N7O21/c1-36(2)59(76-55(80)12-8-7-9-13-58(83)98-77-56(81)22-23-57(77)82)67(85)75-48(11-10-26-72-68(71)86)66(84)74-41-16-14-40(15-17-41)35-89-69(87)73-34-43(79)31-53-60(88-6)47-30-42(78)29-45-19-21-50-61(92-45)65-64-63(94-50)62-54(95-64)33-70(96-62,97-65)25-24-46-28-38(4)49(90-46)20-18-44-27-37(3)39(5)51(91-44)32-52(47)93-53/h14-17,22-23,36-37,43-54,59-65,79H,4-5,7-13,18-21,24-35H2,1-3,6H3,(H,73,87)(H,74,84)(H,75,85)(H,76,80)(H3,71,72,86)/t37-,43+,44+,45?,46+,47+,48+,49?,50+,51?,52+,53?,54?,59+,60-,61+,62-,63?,64-,65+,70+/m1/s1. The lowest BCUT2D eigenvalue weighted by Gasteiger charge is -2.47. The fourth-order valence-corrected chi connectivity index (χ4v) is 15.8. The Hall–Kier alpha value is -6.73. The molecule has 1 spiro atoms. The van der Waals surface area contributed by atoms with Crippen molar-refractivity contribution in [3.8, 4) is 0 Å². The Morgan fingerprint density at radius 2 is 1.45 bits per heavy atom. The van der Waals surface area contributed by atoms with Gasteiger partial charge in [0.15, 0.2) is 5.79 Å². The van der Waals surface area contributed by atoms with Crippen LogP contribution < -0.4 is 32.3 Å². The average Bonchev–Trinajstić information content (AvgIpc) is 1.55. The molecule has 538 valence electrons. The van der Waals surface area contributed by atoms with Crippen molar-refractivity contribution in [3.63, 3.8) is 0 Å². The van der Waals surface area contributed by atoms with Crippen LogP contribution in [0.3, 0.4) is 0 Å². The Morgan fingerprint density at radius 3 is 2.20 bits per heavy atom. The number of aliphatic hydroxyl groups excluding tert-OH is 1. The van der Waals surface area contributed by atoms with Gasteiger partial charge in [0.2, 0.25) is 17.7 Å². The number of ether oxygens (including phenoxy) is 10. The maximum Gasteiger partial charge on any atom is 0.407 e. The molecule has 6 unspecified atom stereocenters. The predicted octanol–water partition coefficient (Wildman–Crippen LogP) is 4.75. The van der Waals surface area contributed by atoms with Crippen molar-refractivity contribution in [2.45, 2.75) is 271 Å². The summed E-state index contributed by atoms with van der Waals surface area (Å²) in [4.78, 5) is 120. The van der Waals surface area contributed by atoms with E-state index >= 15 is 0 Å². The number of primary amides is 1. The first kappa shape index (κ1) is 72.5. The minimum atomic E-state index is -1.12. The Labute approximate surface area is 570 Å². The largest absolute Gasteiger partial charge is 0.445 e. The fraction of sp³-hybridized carbons (Fsp3) is 0.700. The summed E-state index contributed by atoms with van der Waals surface area (Å²) >= 11 is 0. The van der Waals surface area contributed by atoms with Gasteiger partial charge in [-0.05, 0) is 111 Å². The molecule has 12 bridgehead atoms. The monoisotopic (exact) mass is 1370 g/mol. The van der Waals surface area contributed by atoms with Crippen molar-refractivity contribution < 1.29 is 100 Å². The number of nitrogens with zero attached hydrogens (tertiary/aromatic N) is 1. The number of Topliss-reactive ketones (excluding diaryl/α,β-unsaturated/α-hetero) is 1. The van der Waals surface area contributed by atoms with Crippen LogP contribution in [0.5, 0.6) is 0 Å². The number of amides is 8. The molecular formula is C70H97N7O21. The number of imide groups is 1. The van der Waals surface area contributed by atoms with Crippen LogP contribution in [0.2, 0.25) is 0 Å².